The molecule has 4 fully saturated rings. The number of Topliss-reactive ketones (excluding diaryl/α,β-unsaturated/α-hetero) is 1. The lowest BCUT2D eigenvalue weighted by Crippen LogP contribution is -2.28. The summed E-state index contributed by atoms with van der Waals surface area (Å²) in [5, 5.41) is 0. The number of ether oxygens (including phenoxy) is 1. The topological polar surface area (TPSA) is 26.3 Å². The molecule has 0 aromatic heterocycles. The number of hydrogen-bond donors (Lipinski definition) is 0. The second kappa shape index (κ2) is 19.5. The molecule has 0 bridgehead atoms. The van der Waals surface area contributed by atoms with Gasteiger partial charge in [0.2, 0.25) is 0 Å². The molecule has 1 aromatic carbocycles. The Balaban J connectivity index is 0.000000285. The predicted molar refractivity (Wildman–Crippen MR) is 192 cm³/mol. The molecule has 8 unspecified atom stereocenters. The second-order valence-corrected chi connectivity index (χ2v) is 16.4. The Kier molecular flexibility index (Phi) is 17.4. The molecule has 278 valence electrons. The molecule has 4 aliphatic rings. The number of fused-ring (bicyclic) bond motifs is 1. The minimum Gasteiger partial charge on any atom is -0.380 e. The van der Waals surface area contributed by atoms with E-state index in [1.165, 1.54) is 62.5 Å². The van der Waals surface area contributed by atoms with Crippen LogP contribution in [0.15, 0.2) is 18.2 Å². The molecular weight excluding hydrogens is 639 g/mol. The summed E-state index contributed by atoms with van der Waals surface area (Å²) in [6.45, 7) is 15.4. The first-order valence-electron chi connectivity index (χ1n) is 18.7. The van der Waals surface area contributed by atoms with Crippen LogP contribution >= 0.6 is 11.8 Å². The van der Waals surface area contributed by atoms with Gasteiger partial charge in [-0.3, -0.25) is 4.79 Å². The van der Waals surface area contributed by atoms with E-state index in [4.69, 9.17) is 4.74 Å². The second-order valence-electron chi connectivity index (χ2n) is 15.3. The molecular formula is C40H65F5O2S. The van der Waals surface area contributed by atoms with Crippen LogP contribution in [0.5, 0.6) is 0 Å². The molecule has 8 heteroatoms. The minimum absolute atomic E-state index is 0.138. The van der Waals surface area contributed by atoms with Crippen molar-refractivity contribution in [2.24, 2.45) is 40.9 Å². The van der Waals surface area contributed by atoms with Crippen molar-refractivity contribution in [3.8, 4) is 0 Å². The Morgan fingerprint density at radius 1 is 0.938 bits per heavy atom. The molecule has 3 aliphatic carbocycles. The first kappa shape index (κ1) is 43.0. The third-order valence-corrected chi connectivity index (χ3v) is 12.5. The van der Waals surface area contributed by atoms with Crippen LogP contribution in [0.2, 0.25) is 0 Å². The van der Waals surface area contributed by atoms with Crippen molar-refractivity contribution < 1.29 is 31.5 Å². The van der Waals surface area contributed by atoms with Crippen molar-refractivity contribution in [3.63, 3.8) is 0 Å². The maximum Gasteiger partial charge on any atom is 0.416 e. The van der Waals surface area contributed by atoms with E-state index in [-0.39, 0.29) is 5.41 Å². The molecule has 5 rings (SSSR count). The number of carbonyl (C=O) groups excluding carboxylic acids is 1. The number of aryl methyl sites for hydroxylation is 1. The van der Waals surface area contributed by atoms with Gasteiger partial charge in [-0.1, -0.05) is 54.4 Å². The van der Waals surface area contributed by atoms with Gasteiger partial charge in [0.1, 0.15) is 5.78 Å². The number of hydrogen-bond acceptors (Lipinski definition) is 3. The number of ketones is 1. The lowest BCUT2D eigenvalue weighted by Gasteiger charge is -2.33. The normalized spacial score (nSPS) is 31.7. The smallest absolute Gasteiger partial charge is 0.380 e. The summed E-state index contributed by atoms with van der Waals surface area (Å²) in [4.78, 5) is 11.6. The standard InChI is InChI=1S/C20H27F5.C11H18O.C7H14OS.C2H6/c1-4-14-7-13(2)8-15(9-14)5-6-16-10-17(19(3,21)22)12-18(11-16)20(23,24)25;1-8-6-10-4-3-5-11(10,7-8)9(2)12;1-6-3-4-9-5-7(6)8-2;1-2/h10-15H,4-9H2,1-3H3;8,10H,3-7H2,1-2H3;6-7H,3-5H2,1-2H3;1-2H3. The number of rotatable bonds is 7. The fourth-order valence-electron chi connectivity index (χ4n) is 8.77. The Morgan fingerprint density at radius 2 is 1.58 bits per heavy atom. The number of benzene rings is 1. The zero-order valence-electron chi connectivity index (χ0n) is 31.3. The Hall–Kier alpha value is -1.15. The van der Waals surface area contributed by atoms with Gasteiger partial charge in [0.15, 0.2) is 0 Å². The van der Waals surface area contributed by atoms with Crippen LogP contribution in [0.1, 0.15) is 143 Å². The van der Waals surface area contributed by atoms with Crippen LogP contribution in [0.4, 0.5) is 22.0 Å². The predicted octanol–water partition coefficient (Wildman–Crippen LogP) is 12.8. The summed E-state index contributed by atoms with van der Waals surface area (Å²) in [6.07, 6.45) is 9.17. The maximum absolute atomic E-state index is 13.6. The van der Waals surface area contributed by atoms with Gasteiger partial charge in [-0.2, -0.15) is 24.9 Å². The van der Waals surface area contributed by atoms with Crippen molar-refractivity contribution in [2.45, 2.75) is 151 Å². The molecule has 1 heterocycles. The van der Waals surface area contributed by atoms with E-state index in [0.29, 0.717) is 54.6 Å². The molecule has 3 saturated carbocycles. The lowest BCUT2D eigenvalue weighted by molar-refractivity contribution is -0.137. The molecule has 1 aliphatic heterocycles. The zero-order chi connectivity index (χ0) is 36.3. The molecule has 2 nitrogen and oxygen atoms in total. The summed E-state index contributed by atoms with van der Waals surface area (Å²) >= 11 is 2.01. The Labute approximate surface area is 293 Å². The summed E-state index contributed by atoms with van der Waals surface area (Å²) in [7, 11) is 1.81. The van der Waals surface area contributed by atoms with Gasteiger partial charge in [0, 0.05) is 30.8 Å². The van der Waals surface area contributed by atoms with Gasteiger partial charge in [-0.15, -0.1) is 0 Å². The van der Waals surface area contributed by atoms with Crippen LogP contribution in [0, 0.1) is 40.9 Å². The van der Waals surface area contributed by atoms with Gasteiger partial charge in [0.25, 0.3) is 5.92 Å². The summed E-state index contributed by atoms with van der Waals surface area (Å²) in [6, 6.07) is 2.83. The molecule has 0 N–H and O–H groups in total. The number of methoxy groups -OCH3 is 1. The number of thioether (sulfide) groups is 1. The summed E-state index contributed by atoms with van der Waals surface area (Å²) < 4.78 is 71.5. The van der Waals surface area contributed by atoms with E-state index < -0.39 is 23.2 Å². The third-order valence-electron chi connectivity index (χ3n) is 11.4. The Morgan fingerprint density at radius 3 is 2.10 bits per heavy atom. The first-order chi connectivity index (χ1) is 22.5. The first-order valence-corrected chi connectivity index (χ1v) is 19.8. The Bertz CT molecular complexity index is 1070. The lowest BCUT2D eigenvalue weighted by atomic mass is 9.73. The molecule has 0 amide bonds. The van der Waals surface area contributed by atoms with E-state index in [1.807, 2.05) is 32.7 Å². The van der Waals surface area contributed by atoms with Crippen LogP contribution in [0.3, 0.4) is 0 Å². The average molecular weight is 705 g/mol. The quantitative estimate of drug-likeness (QED) is 0.264. The highest BCUT2D eigenvalue weighted by Crippen LogP contribution is 2.56. The fourth-order valence-corrected chi connectivity index (χ4v) is 10.2. The number of alkyl halides is 5. The molecule has 0 spiro atoms. The van der Waals surface area contributed by atoms with Crippen LogP contribution in [-0.2, 0) is 28.1 Å². The van der Waals surface area contributed by atoms with Crippen molar-refractivity contribution in [1.82, 2.24) is 0 Å². The maximum atomic E-state index is 13.6. The highest BCUT2D eigenvalue weighted by molar-refractivity contribution is 7.99. The van der Waals surface area contributed by atoms with E-state index in [2.05, 4.69) is 27.7 Å². The third kappa shape index (κ3) is 12.6. The van der Waals surface area contributed by atoms with Gasteiger partial charge in [-0.05, 0) is 136 Å². The van der Waals surface area contributed by atoms with E-state index in [0.717, 1.165) is 49.5 Å². The number of carbonyl (C=O) groups is 1. The largest absolute Gasteiger partial charge is 0.416 e. The van der Waals surface area contributed by atoms with Gasteiger partial charge >= 0.3 is 6.18 Å². The van der Waals surface area contributed by atoms with Crippen LogP contribution < -0.4 is 0 Å². The van der Waals surface area contributed by atoms with Crippen molar-refractivity contribution >= 4 is 17.5 Å². The zero-order valence-corrected chi connectivity index (χ0v) is 32.1. The summed E-state index contributed by atoms with van der Waals surface area (Å²) in [5.74, 6) is 3.77. The number of halogens is 5. The van der Waals surface area contributed by atoms with E-state index in [1.54, 1.807) is 6.92 Å². The summed E-state index contributed by atoms with van der Waals surface area (Å²) in [5.41, 5.74) is -1.04. The van der Waals surface area contributed by atoms with E-state index >= 15 is 0 Å². The molecule has 8 atom stereocenters. The molecule has 0 radical (unpaired) electrons. The van der Waals surface area contributed by atoms with Crippen LogP contribution in [0.25, 0.3) is 0 Å². The molecule has 48 heavy (non-hydrogen) atoms. The van der Waals surface area contributed by atoms with Crippen LogP contribution in [-0.4, -0.2) is 30.5 Å². The highest BCUT2D eigenvalue weighted by atomic mass is 32.2. The van der Waals surface area contributed by atoms with Gasteiger partial charge in [0.05, 0.1) is 11.7 Å². The highest BCUT2D eigenvalue weighted by Gasteiger charge is 2.51. The van der Waals surface area contributed by atoms with Gasteiger partial charge in [-0.25, -0.2) is 8.78 Å². The SMILES string of the molecule is CC.CC(=O)C12CCCC1CC(C)C2.CCC1CC(C)CC(CCc2cc(C(C)(F)F)cc(C(F)(F)F)c2)C1.COC1CSCCC1C. The van der Waals surface area contributed by atoms with Crippen molar-refractivity contribution in [1.29, 1.82) is 0 Å². The van der Waals surface area contributed by atoms with Gasteiger partial charge < -0.3 is 4.74 Å². The average Bonchev–Trinajstić information content (AvgIpc) is 3.58. The minimum atomic E-state index is -4.61. The monoisotopic (exact) mass is 704 g/mol. The fraction of sp³-hybridized carbons (Fsp3) is 0.825. The van der Waals surface area contributed by atoms with Crippen molar-refractivity contribution in [2.75, 3.05) is 18.6 Å². The van der Waals surface area contributed by atoms with Crippen molar-refractivity contribution in [3.05, 3.63) is 34.9 Å². The van der Waals surface area contributed by atoms with E-state index in [9.17, 15) is 26.7 Å². The molecule has 1 aromatic rings. The molecule has 1 saturated heterocycles.